The number of hydrogen-bond donors (Lipinski definition) is 2. The maximum Gasteiger partial charge on any atom is 0.334 e. The molecular formula is C10H17NO4. The van der Waals surface area contributed by atoms with E-state index in [-0.39, 0.29) is 12.5 Å². The van der Waals surface area contributed by atoms with Crippen LogP contribution in [0.3, 0.4) is 0 Å². The van der Waals surface area contributed by atoms with E-state index in [1.54, 1.807) is 0 Å². The Morgan fingerprint density at radius 1 is 1.53 bits per heavy atom. The number of carbonyl (C=O) groups excluding carboxylic acids is 1. The maximum atomic E-state index is 11.3. The van der Waals surface area contributed by atoms with Gasteiger partial charge in [-0.15, -0.1) is 0 Å². The van der Waals surface area contributed by atoms with Crippen LogP contribution in [0.5, 0.6) is 0 Å². The molecule has 2 N–H and O–H groups in total. The zero-order valence-electron chi connectivity index (χ0n) is 8.86. The lowest BCUT2D eigenvalue weighted by Crippen LogP contribution is -2.37. The lowest BCUT2D eigenvalue weighted by molar-refractivity contribution is -0.148. The quantitative estimate of drug-likeness (QED) is 0.644. The molecule has 5 heteroatoms. The number of methoxy groups -OCH3 is 1. The topological polar surface area (TPSA) is 75.6 Å². The van der Waals surface area contributed by atoms with Crippen LogP contribution in [-0.2, 0) is 14.3 Å². The number of nitrogens with one attached hydrogen (secondary N) is 1. The first-order valence-electron chi connectivity index (χ1n) is 5.15. The van der Waals surface area contributed by atoms with Crippen molar-refractivity contribution in [1.82, 2.24) is 5.32 Å². The second-order valence-corrected chi connectivity index (χ2v) is 3.85. The number of rotatable bonds is 7. The Hall–Kier alpha value is -1.10. The molecule has 0 heterocycles. The zero-order chi connectivity index (χ0) is 11.3. The van der Waals surface area contributed by atoms with Crippen molar-refractivity contribution in [3.63, 3.8) is 0 Å². The minimum Gasteiger partial charge on any atom is -0.479 e. The van der Waals surface area contributed by atoms with Gasteiger partial charge in [-0.2, -0.15) is 0 Å². The Bertz CT molecular complexity index is 238. The first-order chi connectivity index (χ1) is 7.13. The molecule has 1 saturated carbocycles. The molecule has 1 rings (SSSR count). The van der Waals surface area contributed by atoms with Gasteiger partial charge in [0.15, 0.2) is 6.10 Å². The van der Waals surface area contributed by atoms with E-state index in [0.717, 1.165) is 6.42 Å². The molecule has 5 nitrogen and oxygen atoms in total. The van der Waals surface area contributed by atoms with Gasteiger partial charge in [0.2, 0.25) is 5.91 Å². The van der Waals surface area contributed by atoms with Crippen molar-refractivity contribution in [2.24, 2.45) is 5.92 Å². The highest BCUT2D eigenvalue weighted by Gasteiger charge is 2.22. The van der Waals surface area contributed by atoms with E-state index in [1.807, 2.05) is 0 Å². The van der Waals surface area contributed by atoms with Crippen molar-refractivity contribution < 1.29 is 19.4 Å². The summed E-state index contributed by atoms with van der Waals surface area (Å²) in [6.45, 7) is 0.0370. The number of carbonyl (C=O) groups is 2. The van der Waals surface area contributed by atoms with Gasteiger partial charge >= 0.3 is 5.97 Å². The third-order valence-corrected chi connectivity index (χ3v) is 2.52. The third kappa shape index (κ3) is 4.78. The molecule has 0 aromatic carbocycles. The second-order valence-electron chi connectivity index (χ2n) is 3.85. The number of ether oxygens (including phenoxy) is 1. The Kier molecular flexibility index (Phi) is 4.55. The summed E-state index contributed by atoms with van der Waals surface area (Å²) in [5.41, 5.74) is 0. The lowest BCUT2D eigenvalue weighted by atomic mass is 10.2. The molecular weight excluding hydrogens is 198 g/mol. The fraction of sp³-hybridized carbons (Fsp3) is 0.800. The minimum absolute atomic E-state index is 0.0370. The molecule has 0 aliphatic heterocycles. The maximum absolute atomic E-state index is 11.3. The zero-order valence-corrected chi connectivity index (χ0v) is 8.86. The van der Waals surface area contributed by atoms with E-state index < -0.39 is 12.1 Å². The van der Waals surface area contributed by atoms with Gasteiger partial charge in [-0.3, -0.25) is 4.79 Å². The molecule has 1 aliphatic rings. The van der Waals surface area contributed by atoms with Gasteiger partial charge in [0, 0.05) is 13.5 Å². The molecule has 1 aliphatic carbocycles. The summed E-state index contributed by atoms with van der Waals surface area (Å²) < 4.78 is 4.69. The largest absolute Gasteiger partial charge is 0.479 e. The molecule has 0 saturated heterocycles. The predicted octanol–water partition coefficient (Wildman–Crippen LogP) is 0.392. The van der Waals surface area contributed by atoms with E-state index >= 15 is 0 Å². The monoisotopic (exact) mass is 215 g/mol. The van der Waals surface area contributed by atoms with Gasteiger partial charge in [-0.1, -0.05) is 12.8 Å². The summed E-state index contributed by atoms with van der Waals surface area (Å²) in [5.74, 6) is -0.432. The van der Waals surface area contributed by atoms with Crippen LogP contribution in [0.1, 0.15) is 25.7 Å². The molecule has 0 radical (unpaired) electrons. The van der Waals surface area contributed by atoms with Gasteiger partial charge < -0.3 is 15.2 Å². The van der Waals surface area contributed by atoms with Crippen molar-refractivity contribution >= 4 is 11.9 Å². The van der Waals surface area contributed by atoms with Crippen molar-refractivity contribution in [1.29, 1.82) is 0 Å². The third-order valence-electron chi connectivity index (χ3n) is 2.52. The number of hydrogen-bond acceptors (Lipinski definition) is 3. The second kappa shape index (κ2) is 5.70. The first-order valence-corrected chi connectivity index (χ1v) is 5.15. The Labute approximate surface area is 88.8 Å². The Morgan fingerprint density at radius 3 is 2.67 bits per heavy atom. The molecule has 86 valence electrons. The van der Waals surface area contributed by atoms with Crippen molar-refractivity contribution in [2.45, 2.75) is 31.8 Å². The predicted molar refractivity (Wildman–Crippen MR) is 53.4 cm³/mol. The van der Waals surface area contributed by atoms with Crippen LogP contribution in [0.15, 0.2) is 0 Å². The summed E-state index contributed by atoms with van der Waals surface area (Å²) in [5, 5.41) is 11.2. The molecule has 1 fully saturated rings. The summed E-state index contributed by atoms with van der Waals surface area (Å²) in [4.78, 5) is 21.8. The van der Waals surface area contributed by atoms with Crippen LogP contribution < -0.4 is 5.32 Å². The fourth-order valence-electron chi connectivity index (χ4n) is 1.31. The number of aliphatic carboxylic acids is 1. The van der Waals surface area contributed by atoms with Gasteiger partial charge in [-0.25, -0.2) is 4.79 Å². The number of carboxylic acids is 1. The number of carboxylic acid groups (broad SMARTS) is 1. The van der Waals surface area contributed by atoms with Crippen LogP contribution in [0, 0.1) is 5.92 Å². The van der Waals surface area contributed by atoms with Crippen LogP contribution in [-0.4, -0.2) is 36.7 Å². The molecule has 1 unspecified atom stereocenters. The average molecular weight is 215 g/mol. The summed E-state index contributed by atoms with van der Waals surface area (Å²) >= 11 is 0. The molecule has 0 aromatic heterocycles. The van der Waals surface area contributed by atoms with E-state index in [1.165, 1.54) is 20.0 Å². The first kappa shape index (κ1) is 12.0. The van der Waals surface area contributed by atoms with Crippen molar-refractivity contribution in [2.75, 3.05) is 13.7 Å². The average Bonchev–Trinajstić information content (AvgIpc) is 2.98. The van der Waals surface area contributed by atoms with Crippen LogP contribution >= 0.6 is 0 Å². The van der Waals surface area contributed by atoms with Gasteiger partial charge in [-0.05, 0) is 12.3 Å². The standard InChI is InChI=1S/C10H17NO4/c1-15-8(10(13)14)6-11-9(12)5-4-7-2-3-7/h7-8H,2-6H2,1H3,(H,11,12)(H,13,14). The Morgan fingerprint density at radius 2 is 2.20 bits per heavy atom. The van der Waals surface area contributed by atoms with E-state index in [0.29, 0.717) is 12.3 Å². The van der Waals surface area contributed by atoms with Crippen LogP contribution in [0.25, 0.3) is 0 Å². The lowest BCUT2D eigenvalue weighted by Gasteiger charge is -2.11. The highest BCUT2D eigenvalue weighted by molar-refractivity contribution is 5.78. The summed E-state index contributed by atoms with van der Waals surface area (Å²) in [7, 11) is 1.31. The normalized spacial score (nSPS) is 17.1. The van der Waals surface area contributed by atoms with E-state index in [4.69, 9.17) is 5.11 Å². The molecule has 1 atom stereocenters. The van der Waals surface area contributed by atoms with Gasteiger partial charge in [0.05, 0.1) is 6.54 Å². The molecule has 15 heavy (non-hydrogen) atoms. The minimum atomic E-state index is -1.06. The van der Waals surface area contributed by atoms with Gasteiger partial charge in [0.25, 0.3) is 0 Å². The fourth-order valence-corrected chi connectivity index (χ4v) is 1.31. The summed E-state index contributed by atoms with van der Waals surface area (Å²) in [6, 6.07) is 0. The van der Waals surface area contributed by atoms with Crippen molar-refractivity contribution in [3.05, 3.63) is 0 Å². The SMILES string of the molecule is COC(CNC(=O)CCC1CC1)C(=O)O. The molecule has 0 bridgehead atoms. The molecule has 0 aromatic rings. The highest BCUT2D eigenvalue weighted by atomic mass is 16.5. The van der Waals surface area contributed by atoms with E-state index in [9.17, 15) is 9.59 Å². The van der Waals surface area contributed by atoms with E-state index in [2.05, 4.69) is 10.1 Å². The van der Waals surface area contributed by atoms with Crippen LogP contribution in [0.2, 0.25) is 0 Å². The summed E-state index contributed by atoms with van der Waals surface area (Å²) in [6.07, 6.45) is 2.90. The molecule has 1 amide bonds. The van der Waals surface area contributed by atoms with Crippen LogP contribution in [0.4, 0.5) is 0 Å². The smallest absolute Gasteiger partial charge is 0.334 e. The van der Waals surface area contributed by atoms with Crippen molar-refractivity contribution in [3.8, 4) is 0 Å². The number of amides is 1. The van der Waals surface area contributed by atoms with Gasteiger partial charge in [0.1, 0.15) is 0 Å². The Balaban J connectivity index is 2.10. The highest BCUT2D eigenvalue weighted by Crippen LogP contribution is 2.33. The molecule has 0 spiro atoms.